The van der Waals surface area contributed by atoms with E-state index in [1.807, 2.05) is 30.3 Å². The smallest absolute Gasteiger partial charge is 0.298 e. The maximum absolute atomic E-state index is 8.52. The van der Waals surface area contributed by atoms with Gasteiger partial charge in [0.25, 0.3) is 5.97 Å². The van der Waals surface area contributed by atoms with Crippen molar-refractivity contribution in [1.29, 1.82) is 0 Å². The summed E-state index contributed by atoms with van der Waals surface area (Å²) in [6, 6.07) is 10.6. The average molecular weight is 214 g/mol. The maximum Gasteiger partial charge on any atom is 0.298 e. The zero-order chi connectivity index (χ0) is 10.4. The van der Waals surface area contributed by atoms with E-state index in [-0.39, 0.29) is 0 Å². The van der Waals surface area contributed by atoms with Crippen LogP contribution in [0.3, 0.4) is 0 Å². The van der Waals surface area contributed by atoms with Crippen molar-refractivity contribution >= 4 is 9.76 Å². The Hall–Kier alpha value is -0.723. The summed E-state index contributed by atoms with van der Waals surface area (Å²) in [6.07, 6.45) is 0. The van der Waals surface area contributed by atoms with Crippen molar-refractivity contribution in [3.05, 3.63) is 35.9 Å². The Kier molecular flexibility index (Phi) is 4.24. The second kappa shape index (κ2) is 5.23. The van der Waals surface area contributed by atoms with Crippen molar-refractivity contribution in [1.82, 2.24) is 0 Å². The summed E-state index contributed by atoms with van der Waals surface area (Å²) in [7, 11) is -0.847. The molecule has 1 rings (SSSR count). The molecule has 0 aliphatic heterocycles. The van der Waals surface area contributed by atoms with Crippen LogP contribution in [-0.4, -0.2) is 37.7 Å². The molecule has 1 aromatic rings. The fourth-order valence-electron chi connectivity index (χ4n) is 1.04. The first-order valence-corrected chi connectivity index (χ1v) is 5.94. The topological polar surface area (TPSA) is 69.9 Å². The number of aliphatic hydroxyl groups is 3. The molecule has 14 heavy (non-hydrogen) atoms. The Labute approximate surface area is 84.7 Å². The van der Waals surface area contributed by atoms with Crippen LogP contribution in [0.5, 0.6) is 0 Å². The zero-order valence-corrected chi connectivity index (χ0v) is 9.17. The third-order valence-corrected chi connectivity index (χ3v) is 2.95. The number of hydrogen-bond acceptors (Lipinski definition) is 4. The Morgan fingerprint density at radius 3 is 2.36 bits per heavy atom. The Bertz CT molecular complexity index is 257. The van der Waals surface area contributed by atoms with Crippen molar-refractivity contribution in [3.63, 3.8) is 0 Å². The second-order valence-electron chi connectivity index (χ2n) is 3.06. The van der Waals surface area contributed by atoms with E-state index in [2.05, 4.69) is 0 Å². The van der Waals surface area contributed by atoms with Crippen molar-refractivity contribution in [2.45, 2.75) is 12.0 Å². The minimum absolute atomic E-state index is 0.438. The van der Waals surface area contributed by atoms with Crippen LogP contribution in [0.1, 0.15) is 5.56 Å². The van der Waals surface area contributed by atoms with Crippen LogP contribution in [0.25, 0.3) is 0 Å². The number of hydrogen-bond donors (Lipinski definition) is 3. The molecule has 0 aliphatic rings. The predicted octanol–water partition coefficient (Wildman–Crippen LogP) is -1.08. The largest absolute Gasteiger partial charge is 0.415 e. The van der Waals surface area contributed by atoms with E-state index in [9.17, 15) is 0 Å². The fraction of sp³-hybridized carbons (Fsp3) is 0.333. The third kappa shape index (κ3) is 5.10. The standard InChI is InChI=1S/C9H14O4Si/c10-9(11,12)7-13-14-6-8-4-2-1-3-5-8/h1-5,10-12H,6-7,14H2. The monoisotopic (exact) mass is 214 g/mol. The van der Waals surface area contributed by atoms with E-state index in [1.165, 1.54) is 5.56 Å². The van der Waals surface area contributed by atoms with E-state index < -0.39 is 22.3 Å². The molecule has 3 N–H and O–H groups in total. The van der Waals surface area contributed by atoms with E-state index in [1.54, 1.807) is 0 Å². The first-order chi connectivity index (χ1) is 6.58. The molecule has 0 fully saturated rings. The van der Waals surface area contributed by atoms with Gasteiger partial charge in [0.05, 0.1) is 0 Å². The highest BCUT2D eigenvalue weighted by Gasteiger charge is 2.17. The molecule has 78 valence electrons. The van der Waals surface area contributed by atoms with Crippen molar-refractivity contribution in [2.24, 2.45) is 0 Å². The molecule has 0 saturated heterocycles. The molecule has 1 aromatic carbocycles. The highest BCUT2D eigenvalue weighted by molar-refractivity contribution is 6.26. The molecule has 0 saturated carbocycles. The van der Waals surface area contributed by atoms with E-state index in [0.717, 1.165) is 6.04 Å². The van der Waals surface area contributed by atoms with Gasteiger partial charge >= 0.3 is 0 Å². The number of benzene rings is 1. The minimum atomic E-state index is -2.69. The molecular formula is C9H14O4Si. The van der Waals surface area contributed by atoms with Crippen molar-refractivity contribution < 1.29 is 19.7 Å². The molecule has 0 aliphatic carbocycles. The Balaban J connectivity index is 2.17. The Morgan fingerprint density at radius 2 is 1.79 bits per heavy atom. The molecular weight excluding hydrogens is 200 g/mol. The summed E-state index contributed by atoms with van der Waals surface area (Å²) in [5, 5.41) is 25.6. The van der Waals surface area contributed by atoms with Gasteiger partial charge in [-0.3, -0.25) is 0 Å². The van der Waals surface area contributed by atoms with Gasteiger partial charge in [0, 0.05) is 0 Å². The van der Waals surface area contributed by atoms with Gasteiger partial charge in [-0.25, -0.2) is 0 Å². The lowest BCUT2D eigenvalue weighted by Gasteiger charge is -2.13. The lowest BCUT2D eigenvalue weighted by Crippen LogP contribution is -2.34. The molecule has 0 unspecified atom stereocenters. The van der Waals surface area contributed by atoms with Gasteiger partial charge in [-0.15, -0.1) is 0 Å². The van der Waals surface area contributed by atoms with Crippen molar-refractivity contribution in [3.8, 4) is 0 Å². The van der Waals surface area contributed by atoms with Crippen LogP contribution in [-0.2, 0) is 10.5 Å². The summed E-state index contributed by atoms with van der Waals surface area (Å²) in [6.45, 7) is -0.438. The third-order valence-electron chi connectivity index (χ3n) is 1.67. The van der Waals surface area contributed by atoms with Gasteiger partial charge < -0.3 is 19.7 Å². The molecule has 0 bridgehead atoms. The van der Waals surface area contributed by atoms with Crippen LogP contribution in [0.4, 0.5) is 0 Å². The molecule has 4 nitrogen and oxygen atoms in total. The van der Waals surface area contributed by atoms with Crippen LogP contribution >= 0.6 is 0 Å². The van der Waals surface area contributed by atoms with Crippen molar-refractivity contribution in [2.75, 3.05) is 6.61 Å². The first kappa shape index (κ1) is 11.4. The molecule has 0 atom stereocenters. The van der Waals surface area contributed by atoms with E-state index >= 15 is 0 Å². The molecule has 0 spiro atoms. The van der Waals surface area contributed by atoms with Gasteiger partial charge in [0.1, 0.15) is 6.61 Å². The number of rotatable bonds is 5. The second-order valence-corrected chi connectivity index (χ2v) is 4.38. The fourth-order valence-corrected chi connectivity index (χ4v) is 2.18. The van der Waals surface area contributed by atoms with Crippen LogP contribution < -0.4 is 0 Å². The normalized spacial score (nSPS) is 12.5. The van der Waals surface area contributed by atoms with Gasteiger partial charge in [-0.05, 0) is 11.6 Å². The van der Waals surface area contributed by atoms with Gasteiger partial charge in [-0.2, -0.15) is 0 Å². The molecule has 5 heteroatoms. The minimum Gasteiger partial charge on any atom is -0.415 e. The van der Waals surface area contributed by atoms with Gasteiger partial charge in [0.2, 0.25) is 0 Å². The summed E-state index contributed by atoms with van der Waals surface area (Å²) >= 11 is 0. The van der Waals surface area contributed by atoms with E-state index in [0.29, 0.717) is 0 Å². The maximum atomic E-state index is 8.52. The predicted molar refractivity (Wildman–Crippen MR) is 54.0 cm³/mol. The molecule has 0 heterocycles. The van der Waals surface area contributed by atoms with Crippen LogP contribution in [0.2, 0.25) is 0 Å². The van der Waals surface area contributed by atoms with E-state index in [4.69, 9.17) is 19.7 Å². The first-order valence-electron chi connectivity index (χ1n) is 4.37. The molecule has 0 aromatic heterocycles. The van der Waals surface area contributed by atoms with Crippen LogP contribution in [0.15, 0.2) is 30.3 Å². The SMILES string of the molecule is OC(O)(O)CO[SiH2]Cc1ccccc1. The summed E-state index contributed by atoms with van der Waals surface area (Å²) in [5.74, 6) is -2.69. The van der Waals surface area contributed by atoms with Gasteiger partial charge in [-0.1, -0.05) is 30.3 Å². The quantitative estimate of drug-likeness (QED) is 0.331. The molecule has 0 radical (unpaired) electrons. The summed E-state index contributed by atoms with van der Waals surface area (Å²) in [4.78, 5) is 0. The summed E-state index contributed by atoms with van der Waals surface area (Å²) < 4.78 is 4.99. The zero-order valence-electron chi connectivity index (χ0n) is 7.76. The van der Waals surface area contributed by atoms with Gasteiger partial charge in [0.15, 0.2) is 9.76 Å². The Morgan fingerprint density at radius 1 is 1.14 bits per heavy atom. The highest BCUT2D eigenvalue weighted by atomic mass is 28.2. The average Bonchev–Trinajstić information content (AvgIpc) is 2.13. The highest BCUT2D eigenvalue weighted by Crippen LogP contribution is 1.99. The van der Waals surface area contributed by atoms with Crippen LogP contribution in [0, 0.1) is 0 Å². The molecule has 0 amide bonds. The summed E-state index contributed by atoms with van der Waals surface area (Å²) in [5.41, 5.74) is 1.17. The lowest BCUT2D eigenvalue weighted by atomic mass is 10.2. The lowest BCUT2D eigenvalue weighted by molar-refractivity contribution is -0.322.